The predicted octanol–water partition coefficient (Wildman–Crippen LogP) is 1.40. The van der Waals surface area contributed by atoms with Crippen molar-refractivity contribution in [2.24, 2.45) is 5.84 Å². The summed E-state index contributed by atoms with van der Waals surface area (Å²) >= 11 is 0. The van der Waals surface area contributed by atoms with E-state index in [1.165, 1.54) is 25.7 Å². The topological polar surface area (TPSA) is 71.5 Å². The van der Waals surface area contributed by atoms with E-state index in [9.17, 15) is 0 Å². The Labute approximate surface area is 106 Å². The molecule has 0 saturated carbocycles. The summed E-state index contributed by atoms with van der Waals surface area (Å²) in [4.78, 5) is 11.3. The Morgan fingerprint density at radius 3 is 2.67 bits per heavy atom. The van der Waals surface area contributed by atoms with E-state index in [0.717, 1.165) is 24.6 Å². The number of hydrogen-bond acceptors (Lipinski definition) is 5. The monoisotopic (exact) mass is 246 g/mol. The van der Waals surface area contributed by atoms with Crippen LogP contribution < -0.4 is 16.2 Å². The lowest BCUT2D eigenvalue weighted by Gasteiger charge is -2.22. The fourth-order valence-electron chi connectivity index (χ4n) is 2.48. The molecule has 3 heterocycles. The summed E-state index contributed by atoms with van der Waals surface area (Å²) in [5.74, 6) is 7.07. The second-order valence-corrected chi connectivity index (χ2v) is 4.65. The van der Waals surface area contributed by atoms with Gasteiger partial charge in [0.15, 0.2) is 17.3 Å². The molecule has 96 valence electrons. The molecule has 2 aromatic rings. The summed E-state index contributed by atoms with van der Waals surface area (Å²) in [6.45, 7) is 2.09. The number of hydrogen-bond donors (Lipinski definition) is 2. The van der Waals surface area contributed by atoms with Gasteiger partial charge in [0, 0.05) is 25.5 Å². The minimum atomic E-state index is 0.666. The summed E-state index contributed by atoms with van der Waals surface area (Å²) in [5, 5.41) is 0. The molecule has 0 bridgehead atoms. The second kappa shape index (κ2) is 4.81. The van der Waals surface area contributed by atoms with Crippen LogP contribution in [0.4, 0.5) is 11.6 Å². The van der Waals surface area contributed by atoms with Crippen molar-refractivity contribution in [1.29, 1.82) is 0 Å². The highest BCUT2D eigenvalue weighted by molar-refractivity contribution is 5.66. The zero-order chi connectivity index (χ0) is 12.4. The smallest absolute Gasteiger partial charge is 0.180 e. The molecular formula is C12H18N6. The molecule has 0 unspecified atom stereocenters. The molecule has 6 heteroatoms. The third-order valence-corrected chi connectivity index (χ3v) is 3.41. The maximum absolute atomic E-state index is 5.47. The van der Waals surface area contributed by atoms with Gasteiger partial charge in [0.1, 0.15) is 0 Å². The van der Waals surface area contributed by atoms with E-state index < -0.39 is 0 Å². The zero-order valence-electron chi connectivity index (χ0n) is 10.3. The Bertz CT molecular complexity index is 526. The van der Waals surface area contributed by atoms with Gasteiger partial charge in [-0.05, 0) is 12.8 Å². The number of nitrogen functional groups attached to an aromatic ring is 1. The molecule has 1 aliphatic rings. The Balaban J connectivity index is 2.04. The van der Waals surface area contributed by atoms with Gasteiger partial charge in [-0.15, -0.1) is 0 Å². The van der Waals surface area contributed by atoms with E-state index in [2.05, 4.69) is 20.3 Å². The first-order valence-corrected chi connectivity index (χ1v) is 6.44. The third-order valence-electron chi connectivity index (χ3n) is 3.41. The van der Waals surface area contributed by atoms with Crippen molar-refractivity contribution in [3.05, 3.63) is 18.6 Å². The number of nitrogens with two attached hydrogens (primary N) is 1. The highest BCUT2D eigenvalue weighted by atomic mass is 15.3. The van der Waals surface area contributed by atoms with Crippen molar-refractivity contribution >= 4 is 17.3 Å². The fourth-order valence-corrected chi connectivity index (χ4v) is 2.48. The molecule has 3 N–H and O–H groups in total. The number of nitrogens with zero attached hydrogens (tertiary/aromatic N) is 4. The van der Waals surface area contributed by atoms with Gasteiger partial charge >= 0.3 is 0 Å². The maximum Gasteiger partial charge on any atom is 0.180 e. The first-order valence-electron chi connectivity index (χ1n) is 6.44. The number of nitrogens with one attached hydrogen (secondary N) is 1. The van der Waals surface area contributed by atoms with Crippen LogP contribution in [0.1, 0.15) is 25.7 Å². The third kappa shape index (κ3) is 1.99. The van der Waals surface area contributed by atoms with Crippen LogP contribution in [0.2, 0.25) is 0 Å². The Morgan fingerprint density at radius 1 is 1.17 bits per heavy atom. The molecule has 1 aliphatic heterocycles. The molecule has 0 aromatic carbocycles. The summed E-state index contributed by atoms with van der Waals surface area (Å²) in [7, 11) is 0. The molecule has 3 rings (SSSR count). The van der Waals surface area contributed by atoms with Gasteiger partial charge in [0.05, 0.1) is 6.20 Å². The highest BCUT2D eigenvalue weighted by Crippen LogP contribution is 2.23. The van der Waals surface area contributed by atoms with E-state index in [-0.39, 0.29) is 0 Å². The largest absolute Gasteiger partial charge is 0.353 e. The number of aromatic nitrogens is 3. The van der Waals surface area contributed by atoms with Crippen molar-refractivity contribution in [2.75, 3.05) is 23.4 Å². The summed E-state index contributed by atoms with van der Waals surface area (Å²) in [6.07, 6.45) is 10.6. The molecule has 2 aromatic heterocycles. The lowest BCUT2D eigenvalue weighted by Crippen LogP contribution is -2.26. The standard InChI is InChI=1S/C12H18N6/c13-16-10-9-18-8-5-14-11(18)12(15-10)17-6-3-1-2-4-7-17/h5,8-9,16H,1-4,6-7,13H2. The molecule has 1 saturated heterocycles. The number of anilines is 2. The Hall–Kier alpha value is -1.82. The fraction of sp³-hybridized carbons (Fsp3) is 0.500. The normalized spacial score (nSPS) is 16.8. The van der Waals surface area contributed by atoms with E-state index in [1.54, 1.807) is 6.20 Å². The van der Waals surface area contributed by atoms with E-state index >= 15 is 0 Å². The van der Waals surface area contributed by atoms with Crippen LogP contribution in [0.15, 0.2) is 18.6 Å². The zero-order valence-corrected chi connectivity index (χ0v) is 10.3. The lowest BCUT2D eigenvalue weighted by molar-refractivity contribution is 0.726. The van der Waals surface area contributed by atoms with Gasteiger partial charge in [-0.25, -0.2) is 15.8 Å². The van der Waals surface area contributed by atoms with Gasteiger partial charge in [-0.1, -0.05) is 12.8 Å². The van der Waals surface area contributed by atoms with Crippen LogP contribution in [0.3, 0.4) is 0 Å². The molecule has 0 aliphatic carbocycles. The number of fused-ring (bicyclic) bond motifs is 1. The maximum atomic E-state index is 5.47. The summed E-state index contributed by atoms with van der Waals surface area (Å²) in [5.41, 5.74) is 3.52. The SMILES string of the molecule is NNc1cn2ccnc2c(N2CCCCCC2)n1. The van der Waals surface area contributed by atoms with E-state index in [0.29, 0.717) is 5.82 Å². The average molecular weight is 246 g/mol. The molecule has 0 spiro atoms. The van der Waals surface area contributed by atoms with Gasteiger partial charge in [0.25, 0.3) is 0 Å². The Morgan fingerprint density at radius 2 is 1.94 bits per heavy atom. The van der Waals surface area contributed by atoms with Crippen molar-refractivity contribution < 1.29 is 0 Å². The van der Waals surface area contributed by atoms with Gasteiger partial charge in [0.2, 0.25) is 0 Å². The Kier molecular flexibility index (Phi) is 3.02. The van der Waals surface area contributed by atoms with Crippen LogP contribution in [0.25, 0.3) is 5.65 Å². The summed E-state index contributed by atoms with van der Waals surface area (Å²) in [6, 6.07) is 0. The van der Waals surface area contributed by atoms with Crippen molar-refractivity contribution in [3.8, 4) is 0 Å². The molecular weight excluding hydrogens is 228 g/mol. The van der Waals surface area contributed by atoms with Crippen LogP contribution in [0, 0.1) is 0 Å². The molecule has 18 heavy (non-hydrogen) atoms. The minimum absolute atomic E-state index is 0.666. The van der Waals surface area contributed by atoms with Crippen LogP contribution >= 0.6 is 0 Å². The quantitative estimate of drug-likeness (QED) is 0.619. The molecule has 0 amide bonds. The lowest BCUT2D eigenvalue weighted by atomic mass is 10.2. The molecule has 1 fully saturated rings. The minimum Gasteiger partial charge on any atom is -0.353 e. The van der Waals surface area contributed by atoms with Gasteiger partial charge in [-0.3, -0.25) is 0 Å². The molecule has 0 radical (unpaired) electrons. The first-order chi connectivity index (χ1) is 8.88. The van der Waals surface area contributed by atoms with Crippen LogP contribution in [-0.2, 0) is 0 Å². The molecule has 0 atom stereocenters. The van der Waals surface area contributed by atoms with Crippen molar-refractivity contribution in [3.63, 3.8) is 0 Å². The second-order valence-electron chi connectivity index (χ2n) is 4.65. The van der Waals surface area contributed by atoms with Crippen molar-refractivity contribution in [2.45, 2.75) is 25.7 Å². The average Bonchev–Trinajstić information content (AvgIpc) is 2.70. The van der Waals surface area contributed by atoms with Gasteiger partial charge in [-0.2, -0.15) is 0 Å². The highest BCUT2D eigenvalue weighted by Gasteiger charge is 2.16. The van der Waals surface area contributed by atoms with Crippen LogP contribution in [-0.4, -0.2) is 27.5 Å². The number of imidazole rings is 1. The predicted molar refractivity (Wildman–Crippen MR) is 71.5 cm³/mol. The van der Waals surface area contributed by atoms with E-state index in [1.807, 2.05) is 16.8 Å². The van der Waals surface area contributed by atoms with Gasteiger partial charge < -0.3 is 14.7 Å². The number of hydrazine groups is 1. The van der Waals surface area contributed by atoms with Crippen LogP contribution in [0.5, 0.6) is 0 Å². The van der Waals surface area contributed by atoms with E-state index in [4.69, 9.17) is 5.84 Å². The molecule has 6 nitrogen and oxygen atoms in total. The van der Waals surface area contributed by atoms with Crippen molar-refractivity contribution in [1.82, 2.24) is 14.4 Å². The summed E-state index contributed by atoms with van der Waals surface area (Å²) < 4.78 is 1.96. The first kappa shape index (κ1) is 11.3. The number of rotatable bonds is 2.